The number of nitrogens with zero attached hydrogens (tertiary/aromatic N) is 5. The predicted octanol–water partition coefficient (Wildman–Crippen LogP) is 0.0915. The van der Waals surface area contributed by atoms with Gasteiger partial charge in [0.15, 0.2) is 5.82 Å². The maximum absolute atomic E-state index is 4.23. The number of fused-ring (bicyclic) bond motifs is 1. The second-order valence-corrected chi connectivity index (χ2v) is 3.94. The van der Waals surface area contributed by atoms with Crippen LogP contribution in [-0.4, -0.2) is 31.0 Å². The van der Waals surface area contributed by atoms with Crippen molar-refractivity contribution in [3.05, 3.63) is 30.0 Å². The van der Waals surface area contributed by atoms with Crippen molar-refractivity contribution in [3.63, 3.8) is 0 Å². The largest absolute Gasteiger partial charge is 0.308 e. The Kier molecular flexibility index (Phi) is 2.14. The molecule has 2 aromatic heterocycles. The minimum absolute atomic E-state index is 0.446. The fourth-order valence-electron chi connectivity index (χ4n) is 1.89. The van der Waals surface area contributed by atoms with E-state index in [-0.39, 0.29) is 0 Å². The highest BCUT2D eigenvalue weighted by Crippen LogP contribution is 2.16. The summed E-state index contributed by atoms with van der Waals surface area (Å²) in [4.78, 5) is 8.27. The molecule has 0 fully saturated rings. The van der Waals surface area contributed by atoms with Gasteiger partial charge >= 0.3 is 0 Å². The maximum atomic E-state index is 4.23. The molecular weight excluding hydrogens is 204 g/mol. The molecule has 2 aromatic rings. The Morgan fingerprint density at radius 1 is 1.44 bits per heavy atom. The molecule has 3 heterocycles. The Morgan fingerprint density at radius 2 is 2.38 bits per heavy atom. The van der Waals surface area contributed by atoms with Crippen LogP contribution in [0.2, 0.25) is 0 Å². The van der Waals surface area contributed by atoms with E-state index in [0.29, 0.717) is 6.04 Å². The molecule has 0 spiro atoms. The van der Waals surface area contributed by atoms with Gasteiger partial charge in [-0.2, -0.15) is 4.68 Å². The van der Waals surface area contributed by atoms with Crippen LogP contribution >= 0.6 is 0 Å². The van der Waals surface area contributed by atoms with Gasteiger partial charge in [-0.15, -0.1) is 5.10 Å². The first-order valence-corrected chi connectivity index (χ1v) is 5.28. The highest BCUT2D eigenvalue weighted by Gasteiger charge is 2.21. The molecule has 1 aliphatic heterocycles. The Morgan fingerprint density at radius 3 is 3.19 bits per heavy atom. The zero-order chi connectivity index (χ0) is 11.0. The normalized spacial score (nSPS) is 19.4. The van der Waals surface area contributed by atoms with Crippen LogP contribution < -0.4 is 5.32 Å². The Bertz CT molecular complexity index is 491. The molecule has 82 valence electrons. The zero-order valence-electron chi connectivity index (χ0n) is 8.96. The summed E-state index contributed by atoms with van der Waals surface area (Å²) in [6, 6.07) is 0.446. The lowest BCUT2D eigenvalue weighted by atomic mass is 10.1. The number of nitrogens with one attached hydrogen (secondary N) is 1. The highest BCUT2D eigenvalue weighted by molar-refractivity contribution is 5.25. The van der Waals surface area contributed by atoms with Gasteiger partial charge in [-0.3, -0.25) is 4.98 Å². The van der Waals surface area contributed by atoms with E-state index in [4.69, 9.17) is 0 Å². The van der Waals surface area contributed by atoms with Crippen LogP contribution in [0.3, 0.4) is 0 Å². The fraction of sp³-hybridized carbons (Fsp3) is 0.400. The van der Waals surface area contributed by atoms with E-state index in [1.54, 1.807) is 23.3 Å². The molecule has 0 saturated heterocycles. The van der Waals surface area contributed by atoms with Crippen molar-refractivity contribution in [1.29, 1.82) is 0 Å². The average molecular weight is 216 g/mol. The Hall–Kier alpha value is -1.82. The summed E-state index contributed by atoms with van der Waals surface area (Å²) in [6.07, 6.45) is 5.92. The molecule has 16 heavy (non-hydrogen) atoms. The average Bonchev–Trinajstić information content (AvgIpc) is 2.73. The molecule has 3 rings (SSSR count). The third-order valence-corrected chi connectivity index (χ3v) is 2.73. The maximum Gasteiger partial charge on any atom is 0.173 e. The molecular formula is C10H12N6. The van der Waals surface area contributed by atoms with Gasteiger partial charge in [0.2, 0.25) is 0 Å². The lowest BCUT2D eigenvalue weighted by Gasteiger charge is -2.19. The molecule has 0 radical (unpaired) electrons. The summed E-state index contributed by atoms with van der Waals surface area (Å²) in [5.74, 6) is 0.727. The summed E-state index contributed by atoms with van der Waals surface area (Å²) < 4.78 is 1.78. The monoisotopic (exact) mass is 216 g/mol. The molecule has 6 nitrogen and oxygen atoms in total. The molecule has 1 unspecified atom stereocenters. The molecule has 0 saturated carbocycles. The van der Waals surface area contributed by atoms with Gasteiger partial charge in [-0.05, 0) is 6.92 Å². The van der Waals surface area contributed by atoms with Crippen LogP contribution in [0.4, 0.5) is 0 Å². The first-order valence-electron chi connectivity index (χ1n) is 5.28. The highest BCUT2D eigenvalue weighted by atomic mass is 15.5. The quantitative estimate of drug-likeness (QED) is 0.731. The summed E-state index contributed by atoms with van der Waals surface area (Å²) in [5.41, 5.74) is 2.13. The summed E-state index contributed by atoms with van der Waals surface area (Å²) >= 11 is 0. The minimum atomic E-state index is 0.446. The minimum Gasteiger partial charge on any atom is -0.308 e. The van der Waals surface area contributed by atoms with Gasteiger partial charge in [0.25, 0.3) is 0 Å². The van der Waals surface area contributed by atoms with Crippen molar-refractivity contribution in [3.8, 4) is 5.82 Å². The molecule has 1 N–H and O–H groups in total. The van der Waals surface area contributed by atoms with Gasteiger partial charge in [0.05, 0.1) is 11.9 Å². The second kappa shape index (κ2) is 3.64. The van der Waals surface area contributed by atoms with Crippen molar-refractivity contribution in [2.75, 3.05) is 0 Å². The first-order chi connectivity index (χ1) is 7.84. The van der Waals surface area contributed by atoms with Crippen LogP contribution in [0.5, 0.6) is 0 Å². The van der Waals surface area contributed by atoms with E-state index >= 15 is 0 Å². The molecule has 6 heteroatoms. The first kappa shape index (κ1) is 9.41. The van der Waals surface area contributed by atoms with Crippen LogP contribution in [0.15, 0.2) is 18.6 Å². The molecule has 1 aliphatic rings. The fourth-order valence-corrected chi connectivity index (χ4v) is 1.89. The topological polar surface area (TPSA) is 68.5 Å². The van der Waals surface area contributed by atoms with Gasteiger partial charge in [-0.1, -0.05) is 5.21 Å². The van der Waals surface area contributed by atoms with Crippen molar-refractivity contribution in [1.82, 2.24) is 30.3 Å². The zero-order valence-corrected chi connectivity index (χ0v) is 8.96. The summed E-state index contributed by atoms with van der Waals surface area (Å²) in [5, 5.41) is 11.6. The third-order valence-electron chi connectivity index (χ3n) is 2.73. The number of hydrogen-bond acceptors (Lipinski definition) is 5. The van der Waals surface area contributed by atoms with Gasteiger partial charge in [-0.25, -0.2) is 4.98 Å². The van der Waals surface area contributed by atoms with Crippen LogP contribution in [0.1, 0.15) is 18.3 Å². The van der Waals surface area contributed by atoms with Gasteiger partial charge in [0.1, 0.15) is 5.69 Å². The summed E-state index contributed by atoms with van der Waals surface area (Å²) in [7, 11) is 0. The Balaban J connectivity index is 2.07. The third kappa shape index (κ3) is 1.47. The SMILES string of the molecule is CC1Cc2c(nnn2-c2cnccn2)CN1. The van der Waals surface area contributed by atoms with Crippen molar-refractivity contribution < 1.29 is 0 Å². The molecule has 0 aliphatic carbocycles. The smallest absolute Gasteiger partial charge is 0.173 e. The van der Waals surface area contributed by atoms with Crippen molar-refractivity contribution >= 4 is 0 Å². The van der Waals surface area contributed by atoms with Crippen LogP contribution in [0, 0.1) is 0 Å². The van der Waals surface area contributed by atoms with Gasteiger partial charge in [0, 0.05) is 31.4 Å². The van der Waals surface area contributed by atoms with E-state index in [0.717, 1.165) is 30.2 Å². The predicted molar refractivity (Wildman–Crippen MR) is 57.0 cm³/mol. The van der Waals surface area contributed by atoms with E-state index in [1.807, 2.05) is 0 Å². The standard InChI is InChI=1S/C10H12N6/c1-7-4-9-8(5-13-7)14-15-16(9)10-6-11-2-3-12-10/h2-3,6-7,13H,4-5H2,1H3. The van der Waals surface area contributed by atoms with Gasteiger partial charge < -0.3 is 5.32 Å². The van der Waals surface area contributed by atoms with E-state index in [1.165, 1.54) is 0 Å². The van der Waals surface area contributed by atoms with Crippen LogP contribution in [0.25, 0.3) is 5.82 Å². The molecule has 1 atom stereocenters. The summed E-state index contributed by atoms with van der Waals surface area (Å²) in [6.45, 7) is 2.92. The number of rotatable bonds is 1. The molecule has 0 bridgehead atoms. The van der Waals surface area contributed by atoms with E-state index in [9.17, 15) is 0 Å². The Labute approximate surface area is 92.7 Å². The van der Waals surface area contributed by atoms with Crippen molar-refractivity contribution in [2.45, 2.75) is 25.9 Å². The van der Waals surface area contributed by atoms with E-state index < -0.39 is 0 Å². The molecule has 0 aromatic carbocycles. The lowest BCUT2D eigenvalue weighted by Crippen LogP contribution is -2.33. The number of hydrogen-bond donors (Lipinski definition) is 1. The van der Waals surface area contributed by atoms with Crippen LogP contribution in [-0.2, 0) is 13.0 Å². The molecule has 0 amide bonds. The van der Waals surface area contributed by atoms with E-state index in [2.05, 4.69) is 32.5 Å². The van der Waals surface area contributed by atoms with Crippen molar-refractivity contribution in [2.24, 2.45) is 0 Å². The number of aromatic nitrogens is 5. The lowest BCUT2D eigenvalue weighted by molar-refractivity contribution is 0.498. The second-order valence-electron chi connectivity index (χ2n) is 3.94.